The molecule has 1 aromatic heterocycles. The van der Waals surface area contributed by atoms with E-state index < -0.39 is 0 Å². The number of carbonyl (C=O) groups excluding carboxylic acids is 1. The summed E-state index contributed by atoms with van der Waals surface area (Å²) in [5.74, 6) is 1.12. The van der Waals surface area contributed by atoms with E-state index in [4.69, 9.17) is 9.15 Å². The average molecular weight is 383 g/mol. The summed E-state index contributed by atoms with van der Waals surface area (Å²) in [4.78, 5) is 12.2. The highest BCUT2D eigenvalue weighted by molar-refractivity contribution is 7.99. The fraction of sp³-hybridized carbons (Fsp3) is 0.250. The molecule has 3 rings (SSSR count). The molecule has 0 fully saturated rings. The first kappa shape index (κ1) is 19.0. The van der Waals surface area contributed by atoms with E-state index in [0.29, 0.717) is 23.5 Å². The van der Waals surface area contributed by atoms with Crippen LogP contribution in [0.4, 0.5) is 5.69 Å². The first-order valence-corrected chi connectivity index (χ1v) is 9.61. The minimum atomic E-state index is -0.122. The molecule has 7 heteroatoms. The zero-order valence-electron chi connectivity index (χ0n) is 15.5. The number of hydrogen-bond acceptors (Lipinski definition) is 6. The van der Waals surface area contributed by atoms with Gasteiger partial charge in [0.1, 0.15) is 5.75 Å². The summed E-state index contributed by atoms with van der Waals surface area (Å²) < 4.78 is 11.3. The third-order valence-electron chi connectivity index (χ3n) is 4.03. The molecular formula is C20H21N3O3S. The number of aryl methyl sites for hydroxylation is 1. The summed E-state index contributed by atoms with van der Waals surface area (Å²) in [5, 5.41) is 11.3. The summed E-state index contributed by atoms with van der Waals surface area (Å²) in [6.07, 6.45) is 0. The molecule has 6 nitrogen and oxygen atoms in total. The third kappa shape index (κ3) is 4.68. The quantitative estimate of drug-likeness (QED) is 0.606. The van der Waals surface area contributed by atoms with Crippen molar-refractivity contribution in [2.45, 2.75) is 26.0 Å². The van der Waals surface area contributed by atoms with Crippen LogP contribution in [0.15, 0.2) is 52.1 Å². The van der Waals surface area contributed by atoms with Crippen LogP contribution in [0.1, 0.15) is 18.1 Å². The Labute approximate surface area is 162 Å². The molecule has 0 radical (unpaired) electrons. The molecule has 0 atom stereocenters. The molecule has 2 aromatic carbocycles. The van der Waals surface area contributed by atoms with Gasteiger partial charge in [-0.1, -0.05) is 36.0 Å². The standard InChI is InChI=1S/C20H21N3O3S/c1-4-25-17-11-6-5-9-15(17)19-22-23-20(26-19)27-12-18(24)21-16-10-7-8-13(2)14(16)3/h5-11H,4,12H2,1-3H3,(H,21,24). The number of hydrogen-bond donors (Lipinski definition) is 1. The zero-order chi connectivity index (χ0) is 19.2. The van der Waals surface area contributed by atoms with Gasteiger partial charge < -0.3 is 14.5 Å². The Morgan fingerprint density at radius 2 is 1.96 bits per heavy atom. The molecule has 1 amide bonds. The highest BCUT2D eigenvalue weighted by atomic mass is 32.2. The van der Waals surface area contributed by atoms with E-state index in [0.717, 1.165) is 22.4 Å². The van der Waals surface area contributed by atoms with Crippen LogP contribution in [0, 0.1) is 13.8 Å². The second kappa shape index (κ2) is 8.73. The summed E-state index contributed by atoms with van der Waals surface area (Å²) in [7, 11) is 0. The number of ether oxygens (including phenoxy) is 1. The van der Waals surface area contributed by atoms with Gasteiger partial charge in [0.2, 0.25) is 5.91 Å². The van der Waals surface area contributed by atoms with Gasteiger partial charge in [0.05, 0.1) is 17.9 Å². The minimum Gasteiger partial charge on any atom is -0.493 e. The Hall–Kier alpha value is -2.80. The highest BCUT2D eigenvalue weighted by Gasteiger charge is 2.15. The lowest BCUT2D eigenvalue weighted by Gasteiger charge is -2.09. The lowest BCUT2D eigenvalue weighted by molar-refractivity contribution is -0.113. The summed E-state index contributed by atoms with van der Waals surface area (Å²) in [6, 6.07) is 13.3. The second-order valence-electron chi connectivity index (χ2n) is 5.89. The van der Waals surface area contributed by atoms with Gasteiger partial charge in [0, 0.05) is 5.69 Å². The van der Waals surface area contributed by atoms with Crippen LogP contribution in [-0.2, 0) is 4.79 Å². The topological polar surface area (TPSA) is 77.2 Å². The zero-order valence-corrected chi connectivity index (χ0v) is 16.3. The van der Waals surface area contributed by atoms with Crippen LogP contribution in [-0.4, -0.2) is 28.5 Å². The van der Waals surface area contributed by atoms with Crippen molar-refractivity contribution in [2.75, 3.05) is 17.7 Å². The maximum absolute atomic E-state index is 12.2. The average Bonchev–Trinajstić information content (AvgIpc) is 3.13. The van der Waals surface area contributed by atoms with Gasteiger partial charge in [-0.15, -0.1) is 10.2 Å². The normalized spacial score (nSPS) is 10.6. The van der Waals surface area contributed by atoms with Crippen molar-refractivity contribution in [3.05, 3.63) is 53.6 Å². The number of thioether (sulfide) groups is 1. The molecule has 1 heterocycles. The number of nitrogens with one attached hydrogen (secondary N) is 1. The molecule has 0 aliphatic rings. The molecule has 27 heavy (non-hydrogen) atoms. The van der Waals surface area contributed by atoms with Gasteiger partial charge in [-0.25, -0.2) is 0 Å². The van der Waals surface area contributed by atoms with E-state index in [2.05, 4.69) is 15.5 Å². The van der Waals surface area contributed by atoms with Crippen molar-refractivity contribution in [1.82, 2.24) is 10.2 Å². The summed E-state index contributed by atoms with van der Waals surface area (Å²) >= 11 is 1.20. The Kier molecular flexibility index (Phi) is 6.13. The van der Waals surface area contributed by atoms with Crippen LogP contribution in [0.3, 0.4) is 0 Å². The van der Waals surface area contributed by atoms with E-state index >= 15 is 0 Å². The predicted octanol–water partition coefficient (Wildman–Crippen LogP) is 4.48. The number of aromatic nitrogens is 2. The number of benzene rings is 2. The van der Waals surface area contributed by atoms with Crippen LogP contribution >= 0.6 is 11.8 Å². The third-order valence-corrected chi connectivity index (χ3v) is 4.85. The molecule has 0 bridgehead atoms. The Morgan fingerprint density at radius 1 is 1.15 bits per heavy atom. The van der Waals surface area contributed by atoms with Crippen LogP contribution in [0.25, 0.3) is 11.5 Å². The molecule has 0 aliphatic carbocycles. The fourth-order valence-electron chi connectivity index (χ4n) is 2.50. The molecule has 0 unspecified atom stereocenters. The predicted molar refractivity (Wildman–Crippen MR) is 106 cm³/mol. The first-order valence-electron chi connectivity index (χ1n) is 8.63. The maximum Gasteiger partial charge on any atom is 0.277 e. The van der Waals surface area contributed by atoms with Gasteiger partial charge >= 0.3 is 0 Å². The van der Waals surface area contributed by atoms with Crippen LogP contribution < -0.4 is 10.1 Å². The van der Waals surface area contributed by atoms with E-state index in [1.165, 1.54) is 11.8 Å². The molecule has 0 aliphatic heterocycles. The van der Waals surface area contributed by atoms with Crippen molar-refractivity contribution >= 4 is 23.4 Å². The first-order chi connectivity index (χ1) is 13.1. The highest BCUT2D eigenvalue weighted by Crippen LogP contribution is 2.30. The Morgan fingerprint density at radius 3 is 2.78 bits per heavy atom. The number of carbonyl (C=O) groups is 1. The molecule has 3 aromatic rings. The smallest absolute Gasteiger partial charge is 0.277 e. The maximum atomic E-state index is 12.2. The molecule has 0 spiro atoms. The second-order valence-corrected chi connectivity index (χ2v) is 6.81. The number of para-hydroxylation sites is 1. The lowest BCUT2D eigenvalue weighted by Crippen LogP contribution is -2.15. The van der Waals surface area contributed by atoms with Crippen molar-refractivity contribution < 1.29 is 13.9 Å². The number of anilines is 1. The number of rotatable bonds is 7. The van der Waals surface area contributed by atoms with Crippen LogP contribution in [0.5, 0.6) is 5.75 Å². The molecule has 1 N–H and O–H groups in total. The summed E-state index contributed by atoms with van der Waals surface area (Å²) in [6.45, 7) is 6.46. The molecule has 0 saturated heterocycles. The van der Waals surface area contributed by atoms with E-state index in [-0.39, 0.29) is 11.7 Å². The fourth-order valence-corrected chi connectivity index (χ4v) is 3.06. The van der Waals surface area contributed by atoms with Crippen LogP contribution in [0.2, 0.25) is 0 Å². The minimum absolute atomic E-state index is 0.122. The molecule has 0 saturated carbocycles. The van der Waals surface area contributed by atoms with Gasteiger partial charge in [-0.05, 0) is 50.1 Å². The summed E-state index contributed by atoms with van der Waals surface area (Å²) in [5.41, 5.74) is 3.74. The van der Waals surface area contributed by atoms with Crippen molar-refractivity contribution in [1.29, 1.82) is 0 Å². The number of amides is 1. The lowest BCUT2D eigenvalue weighted by atomic mass is 10.1. The van der Waals surface area contributed by atoms with Crippen molar-refractivity contribution in [2.24, 2.45) is 0 Å². The van der Waals surface area contributed by atoms with Gasteiger partial charge in [0.25, 0.3) is 11.1 Å². The molecular weight excluding hydrogens is 362 g/mol. The van der Waals surface area contributed by atoms with Crippen molar-refractivity contribution in [3.8, 4) is 17.2 Å². The van der Waals surface area contributed by atoms with E-state index in [1.54, 1.807) is 0 Å². The SMILES string of the molecule is CCOc1ccccc1-c1nnc(SCC(=O)Nc2cccc(C)c2C)o1. The molecule has 140 valence electrons. The number of nitrogens with zero attached hydrogens (tertiary/aromatic N) is 2. The van der Waals surface area contributed by atoms with Crippen molar-refractivity contribution in [3.63, 3.8) is 0 Å². The monoisotopic (exact) mass is 383 g/mol. The largest absolute Gasteiger partial charge is 0.493 e. The van der Waals surface area contributed by atoms with E-state index in [9.17, 15) is 4.79 Å². The van der Waals surface area contributed by atoms with Gasteiger partial charge in [-0.3, -0.25) is 4.79 Å². The Bertz CT molecular complexity index is 940. The van der Waals surface area contributed by atoms with Gasteiger partial charge in [0.15, 0.2) is 0 Å². The van der Waals surface area contributed by atoms with Gasteiger partial charge in [-0.2, -0.15) is 0 Å². The Balaban J connectivity index is 1.63. The van der Waals surface area contributed by atoms with E-state index in [1.807, 2.05) is 63.2 Å².